The zero-order valence-electron chi connectivity index (χ0n) is 19.7. The average molecular weight is 494 g/mol. The Morgan fingerprint density at radius 3 is 2.40 bits per heavy atom. The van der Waals surface area contributed by atoms with Crippen LogP contribution in [0, 0.1) is 33.5 Å². The minimum atomic E-state index is -4.19. The predicted molar refractivity (Wildman–Crippen MR) is 132 cm³/mol. The Morgan fingerprint density at radius 1 is 0.971 bits per heavy atom. The van der Waals surface area contributed by atoms with Crippen LogP contribution in [0.1, 0.15) is 22.4 Å². The SMILES string of the molecule is Cc1ccc(S(=O)(=O)c2cn(CC(=O)Nc3ccc(C)c(F)c3)c3nc(C)ccc3c2=O)c(C)c1. The maximum atomic E-state index is 13.9. The molecule has 0 saturated heterocycles. The van der Waals surface area contributed by atoms with E-state index < -0.39 is 31.9 Å². The number of carbonyl (C=O) groups is 1. The average Bonchev–Trinajstić information content (AvgIpc) is 2.77. The summed E-state index contributed by atoms with van der Waals surface area (Å²) in [6.45, 7) is 6.51. The second-order valence-electron chi connectivity index (χ2n) is 8.56. The van der Waals surface area contributed by atoms with Crippen LogP contribution in [-0.2, 0) is 21.2 Å². The van der Waals surface area contributed by atoms with Gasteiger partial charge in [-0.2, -0.15) is 0 Å². The molecule has 0 atom stereocenters. The van der Waals surface area contributed by atoms with E-state index >= 15 is 0 Å². The van der Waals surface area contributed by atoms with Crippen LogP contribution in [0.15, 0.2) is 69.3 Å². The lowest BCUT2D eigenvalue weighted by molar-refractivity contribution is -0.116. The van der Waals surface area contributed by atoms with Crippen LogP contribution in [0.25, 0.3) is 11.0 Å². The maximum absolute atomic E-state index is 13.9. The first-order valence-electron chi connectivity index (χ1n) is 10.9. The molecule has 0 fully saturated rings. The fourth-order valence-electron chi connectivity index (χ4n) is 3.89. The number of aryl methyl sites for hydroxylation is 4. The Kier molecular flexibility index (Phi) is 6.29. The van der Waals surface area contributed by atoms with Gasteiger partial charge in [-0.25, -0.2) is 17.8 Å². The molecule has 0 spiro atoms. The summed E-state index contributed by atoms with van der Waals surface area (Å²) >= 11 is 0. The van der Waals surface area contributed by atoms with E-state index in [0.717, 1.165) is 11.8 Å². The van der Waals surface area contributed by atoms with Crippen molar-refractivity contribution in [2.45, 2.75) is 44.0 Å². The van der Waals surface area contributed by atoms with Gasteiger partial charge in [0.2, 0.25) is 21.2 Å². The third-order valence-corrected chi connectivity index (χ3v) is 7.61. The molecular formula is C26H24FN3O4S. The molecule has 4 rings (SSSR count). The first-order chi connectivity index (χ1) is 16.5. The van der Waals surface area contributed by atoms with Gasteiger partial charge < -0.3 is 9.88 Å². The summed E-state index contributed by atoms with van der Waals surface area (Å²) in [5.41, 5.74) is 2.19. The van der Waals surface area contributed by atoms with E-state index in [4.69, 9.17) is 0 Å². The zero-order valence-corrected chi connectivity index (χ0v) is 20.5. The lowest BCUT2D eigenvalue weighted by Gasteiger charge is -2.15. The second kappa shape index (κ2) is 9.07. The highest BCUT2D eigenvalue weighted by atomic mass is 32.2. The summed E-state index contributed by atoms with van der Waals surface area (Å²) in [6, 6.07) is 12.3. The van der Waals surface area contributed by atoms with Crippen molar-refractivity contribution in [3.63, 3.8) is 0 Å². The Hall–Kier alpha value is -3.85. The van der Waals surface area contributed by atoms with Gasteiger partial charge in [-0.05, 0) is 69.2 Å². The summed E-state index contributed by atoms with van der Waals surface area (Å²) in [6.07, 6.45) is 1.15. The number of fused-ring (bicyclic) bond motifs is 1. The summed E-state index contributed by atoms with van der Waals surface area (Å²) in [5, 5.41) is 2.68. The molecule has 9 heteroatoms. The summed E-state index contributed by atoms with van der Waals surface area (Å²) in [7, 11) is -4.19. The molecule has 0 aliphatic carbocycles. The first kappa shape index (κ1) is 24.3. The molecule has 0 aliphatic rings. The lowest BCUT2D eigenvalue weighted by atomic mass is 10.2. The molecule has 2 aromatic heterocycles. The Bertz CT molecular complexity index is 1660. The van der Waals surface area contributed by atoms with Crippen molar-refractivity contribution in [2.75, 3.05) is 5.32 Å². The minimum Gasteiger partial charge on any atom is -0.324 e. The number of hydrogen-bond donors (Lipinski definition) is 1. The molecule has 180 valence electrons. The zero-order chi connectivity index (χ0) is 25.5. The molecular weight excluding hydrogens is 469 g/mol. The van der Waals surface area contributed by atoms with Crippen molar-refractivity contribution in [1.82, 2.24) is 9.55 Å². The van der Waals surface area contributed by atoms with Gasteiger partial charge in [-0.3, -0.25) is 9.59 Å². The number of amides is 1. The van der Waals surface area contributed by atoms with Crippen LogP contribution in [0.4, 0.5) is 10.1 Å². The van der Waals surface area contributed by atoms with Crippen molar-refractivity contribution >= 4 is 32.5 Å². The van der Waals surface area contributed by atoms with Crippen LogP contribution < -0.4 is 10.7 Å². The molecule has 1 amide bonds. The number of carbonyl (C=O) groups excluding carboxylic acids is 1. The maximum Gasteiger partial charge on any atom is 0.244 e. The smallest absolute Gasteiger partial charge is 0.244 e. The first-order valence-corrected chi connectivity index (χ1v) is 12.3. The Labute approximate surface area is 202 Å². The molecule has 2 aromatic carbocycles. The summed E-state index contributed by atoms with van der Waals surface area (Å²) in [4.78, 5) is 30.0. The van der Waals surface area contributed by atoms with Gasteiger partial charge in [0.15, 0.2) is 0 Å². The largest absolute Gasteiger partial charge is 0.324 e. The van der Waals surface area contributed by atoms with Crippen molar-refractivity contribution in [2.24, 2.45) is 0 Å². The van der Waals surface area contributed by atoms with Gasteiger partial charge in [0.05, 0.1) is 10.3 Å². The topological polar surface area (TPSA) is 98.1 Å². The number of anilines is 1. The number of nitrogens with one attached hydrogen (secondary N) is 1. The summed E-state index contributed by atoms with van der Waals surface area (Å²) in [5.74, 6) is -0.993. The number of nitrogens with zero attached hydrogens (tertiary/aromatic N) is 2. The standard InChI is InChI=1S/C26H24FN3O4S/c1-15-5-10-22(17(3)11-15)35(33,34)23-13-30(26-20(25(23)32)9-7-18(4)28-26)14-24(31)29-19-8-6-16(2)21(27)12-19/h5-13H,14H2,1-4H3,(H,29,31). The van der Waals surface area contributed by atoms with Crippen LogP contribution in [-0.4, -0.2) is 23.9 Å². The number of aromatic nitrogens is 2. The van der Waals surface area contributed by atoms with Gasteiger partial charge in [-0.15, -0.1) is 0 Å². The number of pyridine rings is 2. The molecule has 0 radical (unpaired) electrons. The van der Waals surface area contributed by atoms with Crippen molar-refractivity contribution in [3.05, 3.63) is 93.2 Å². The van der Waals surface area contributed by atoms with Gasteiger partial charge in [0.1, 0.15) is 22.9 Å². The van der Waals surface area contributed by atoms with Gasteiger partial charge >= 0.3 is 0 Å². The third kappa shape index (κ3) is 4.72. The number of rotatable bonds is 5. The second-order valence-corrected chi connectivity index (χ2v) is 10.4. The Morgan fingerprint density at radius 2 is 1.71 bits per heavy atom. The lowest BCUT2D eigenvalue weighted by Crippen LogP contribution is -2.24. The van der Waals surface area contributed by atoms with Crippen LogP contribution in [0.2, 0.25) is 0 Å². The normalized spacial score (nSPS) is 11.6. The molecule has 0 unspecified atom stereocenters. The van der Waals surface area contributed by atoms with Crippen molar-refractivity contribution in [3.8, 4) is 0 Å². The number of hydrogen-bond acceptors (Lipinski definition) is 5. The molecule has 7 nitrogen and oxygen atoms in total. The van der Waals surface area contributed by atoms with E-state index in [2.05, 4.69) is 10.3 Å². The Balaban J connectivity index is 1.83. The fourth-order valence-corrected chi connectivity index (χ4v) is 5.48. The van der Waals surface area contributed by atoms with E-state index in [1.165, 1.54) is 22.8 Å². The van der Waals surface area contributed by atoms with E-state index in [-0.39, 0.29) is 28.2 Å². The van der Waals surface area contributed by atoms with Gasteiger partial charge in [-0.1, -0.05) is 23.8 Å². The van der Waals surface area contributed by atoms with Crippen LogP contribution in [0.5, 0.6) is 0 Å². The molecule has 4 aromatic rings. The minimum absolute atomic E-state index is 0.0192. The van der Waals surface area contributed by atoms with Gasteiger partial charge in [0.25, 0.3) is 0 Å². The third-order valence-electron chi connectivity index (χ3n) is 5.71. The van der Waals surface area contributed by atoms with E-state index in [1.807, 2.05) is 6.92 Å². The number of halogens is 1. The number of benzene rings is 2. The molecule has 35 heavy (non-hydrogen) atoms. The van der Waals surface area contributed by atoms with Crippen LogP contribution >= 0.6 is 0 Å². The highest BCUT2D eigenvalue weighted by Crippen LogP contribution is 2.24. The van der Waals surface area contributed by atoms with E-state index in [0.29, 0.717) is 16.8 Å². The molecule has 2 heterocycles. The highest BCUT2D eigenvalue weighted by Gasteiger charge is 2.26. The fraction of sp³-hybridized carbons (Fsp3) is 0.192. The molecule has 0 saturated carbocycles. The quantitative estimate of drug-likeness (QED) is 0.448. The van der Waals surface area contributed by atoms with Gasteiger partial charge in [0, 0.05) is 17.6 Å². The predicted octanol–water partition coefficient (Wildman–Crippen LogP) is 4.24. The molecule has 1 N–H and O–H groups in total. The van der Waals surface area contributed by atoms with Crippen molar-refractivity contribution < 1.29 is 17.6 Å². The molecule has 0 bridgehead atoms. The van der Waals surface area contributed by atoms with E-state index in [1.54, 1.807) is 51.1 Å². The van der Waals surface area contributed by atoms with Crippen molar-refractivity contribution in [1.29, 1.82) is 0 Å². The molecule has 0 aliphatic heterocycles. The van der Waals surface area contributed by atoms with Crippen LogP contribution in [0.3, 0.4) is 0 Å². The number of sulfone groups is 1. The highest BCUT2D eigenvalue weighted by molar-refractivity contribution is 7.91. The monoisotopic (exact) mass is 493 g/mol. The van der Waals surface area contributed by atoms with E-state index in [9.17, 15) is 22.4 Å². The summed E-state index contributed by atoms with van der Waals surface area (Å²) < 4.78 is 42.3.